The average Bonchev–Trinajstić information content (AvgIpc) is 2.05. The Balaban J connectivity index is 2.98. The monoisotopic (exact) mass is 237 g/mol. The van der Waals surface area contributed by atoms with Gasteiger partial charge in [0.15, 0.2) is 0 Å². The quantitative estimate of drug-likeness (QED) is 0.633. The van der Waals surface area contributed by atoms with Crippen molar-refractivity contribution in [2.45, 2.75) is 18.9 Å². The van der Waals surface area contributed by atoms with Gasteiger partial charge in [-0.15, -0.1) is 22.4 Å². The Morgan fingerprint density at radius 2 is 2.00 bits per heavy atom. The van der Waals surface area contributed by atoms with Gasteiger partial charge < -0.3 is 10.5 Å². The Hall–Kier alpha value is -0.960. The van der Waals surface area contributed by atoms with Crippen molar-refractivity contribution < 1.29 is 17.9 Å². The maximum atomic E-state index is 11.9. The molecule has 0 aliphatic carbocycles. The Kier molecular flexibility index (Phi) is 3.45. The van der Waals surface area contributed by atoms with Crippen molar-refractivity contribution in [2.24, 2.45) is 0 Å². The summed E-state index contributed by atoms with van der Waals surface area (Å²) in [5.74, 6) is -0.249. The highest BCUT2D eigenvalue weighted by Crippen LogP contribution is 2.32. The zero-order valence-electron chi connectivity index (χ0n) is 8.01. The molecule has 0 bridgehead atoms. The maximum absolute atomic E-state index is 11.9. The minimum absolute atomic E-state index is 0.0261. The molecule has 2 nitrogen and oxygen atoms in total. The van der Waals surface area contributed by atoms with E-state index in [1.54, 1.807) is 0 Å². The van der Waals surface area contributed by atoms with Gasteiger partial charge in [0.25, 0.3) is 0 Å². The summed E-state index contributed by atoms with van der Waals surface area (Å²) in [6.45, 7) is 1.81. The predicted octanol–water partition coefficient (Wildman–Crippen LogP) is 3.10. The van der Waals surface area contributed by atoms with Gasteiger partial charge in [-0.3, -0.25) is 0 Å². The second-order valence-corrected chi connectivity index (χ2v) is 4.13. The van der Waals surface area contributed by atoms with E-state index < -0.39 is 6.36 Å². The standard InChI is InChI=1S/C9H11F3NOP/c1-5(15)7-4-6(2-3-8(7)13)14-9(10,11)12/h2-5H,13,15H2,1H3. The van der Waals surface area contributed by atoms with Crippen LogP contribution in [0.2, 0.25) is 0 Å². The van der Waals surface area contributed by atoms with Gasteiger partial charge in [-0.25, -0.2) is 0 Å². The Morgan fingerprint density at radius 1 is 1.40 bits per heavy atom. The van der Waals surface area contributed by atoms with Crippen molar-refractivity contribution in [3.63, 3.8) is 0 Å². The lowest BCUT2D eigenvalue weighted by molar-refractivity contribution is -0.274. The van der Waals surface area contributed by atoms with Crippen LogP contribution >= 0.6 is 9.24 Å². The van der Waals surface area contributed by atoms with Crippen molar-refractivity contribution in [1.82, 2.24) is 0 Å². The largest absolute Gasteiger partial charge is 0.573 e. The van der Waals surface area contributed by atoms with E-state index in [2.05, 4.69) is 14.0 Å². The molecule has 0 aliphatic heterocycles. The lowest BCUT2D eigenvalue weighted by Gasteiger charge is -2.13. The van der Waals surface area contributed by atoms with Gasteiger partial charge in [0.2, 0.25) is 0 Å². The normalized spacial score (nSPS) is 13.7. The van der Waals surface area contributed by atoms with Gasteiger partial charge in [-0.1, -0.05) is 6.92 Å². The third-order valence-corrected chi connectivity index (χ3v) is 2.14. The molecule has 6 heteroatoms. The fourth-order valence-electron chi connectivity index (χ4n) is 1.14. The van der Waals surface area contributed by atoms with E-state index in [1.807, 2.05) is 6.92 Å². The van der Waals surface area contributed by atoms with Crippen molar-refractivity contribution in [1.29, 1.82) is 0 Å². The number of nitrogen functional groups attached to an aromatic ring is 1. The second-order valence-electron chi connectivity index (χ2n) is 3.13. The lowest BCUT2D eigenvalue weighted by Crippen LogP contribution is -2.17. The van der Waals surface area contributed by atoms with Crippen LogP contribution in [-0.2, 0) is 0 Å². The zero-order chi connectivity index (χ0) is 11.6. The first kappa shape index (κ1) is 12.1. The van der Waals surface area contributed by atoms with Gasteiger partial charge in [-0.2, -0.15) is 0 Å². The van der Waals surface area contributed by atoms with E-state index in [9.17, 15) is 13.2 Å². The van der Waals surface area contributed by atoms with E-state index in [-0.39, 0.29) is 11.4 Å². The van der Waals surface area contributed by atoms with Crippen molar-refractivity contribution >= 4 is 14.9 Å². The van der Waals surface area contributed by atoms with E-state index >= 15 is 0 Å². The van der Waals surface area contributed by atoms with E-state index in [0.29, 0.717) is 11.3 Å². The first-order valence-corrected chi connectivity index (χ1v) is 4.87. The fourth-order valence-corrected chi connectivity index (χ4v) is 1.43. The molecule has 1 rings (SSSR count). The Labute approximate surface area is 87.8 Å². The molecule has 0 aromatic heterocycles. The molecule has 0 spiro atoms. The van der Waals surface area contributed by atoms with Crippen LogP contribution in [0.5, 0.6) is 5.75 Å². The number of ether oxygens (including phenoxy) is 1. The highest BCUT2D eigenvalue weighted by molar-refractivity contribution is 7.17. The number of hydrogen-bond acceptors (Lipinski definition) is 2. The molecule has 0 amide bonds. The molecular formula is C9H11F3NOP. The summed E-state index contributed by atoms with van der Waals surface area (Å²) in [5, 5.41) is 0. The van der Waals surface area contributed by atoms with Crippen molar-refractivity contribution in [2.75, 3.05) is 5.73 Å². The molecule has 0 saturated heterocycles. The van der Waals surface area contributed by atoms with Crippen LogP contribution < -0.4 is 10.5 Å². The summed E-state index contributed by atoms with van der Waals surface area (Å²) in [5.41, 5.74) is 6.64. The van der Waals surface area contributed by atoms with Crippen LogP contribution in [0.25, 0.3) is 0 Å². The van der Waals surface area contributed by atoms with Crippen LogP contribution in [0.15, 0.2) is 18.2 Å². The average molecular weight is 237 g/mol. The first-order valence-electron chi connectivity index (χ1n) is 4.20. The van der Waals surface area contributed by atoms with Crippen molar-refractivity contribution in [3.05, 3.63) is 23.8 Å². The highest BCUT2D eigenvalue weighted by Gasteiger charge is 2.31. The second kappa shape index (κ2) is 4.27. The predicted molar refractivity (Wildman–Crippen MR) is 55.7 cm³/mol. The van der Waals surface area contributed by atoms with E-state index in [4.69, 9.17) is 5.73 Å². The van der Waals surface area contributed by atoms with E-state index in [0.717, 1.165) is 0 Å². The lowest BCUT2D eigenvalue weighted by atomic mass is 10.1. The molecule has 15 heavy (non-hydrogen) atoms. The van der Waals surface area contributed by atoms with E-state index in [1.165, 1.54) is 18.2 Å². The summed E-state index contributed by atoms with van der Waals surface area (Å²) >= 11 is 0. The molecule has 1 aromatic carbocycles. The molecule has 1 aromatic rings. The maximum Gasteiger partial charge on any atom is 0.573 e. The molecule has 0 saturated carbocycles. The third kappa shape index (κ3) is 3.59. The number of hydrogen-bond donors (Lipinski definition) is 1. The minimum Gasteiger partial charge on any atom is -0.406 e. The number of nitrogens with two attached hydrogens (primary N) is 1. The fraction of sp³-hybridized carbons (Fsp3) is 0.333. The zero-order valence-corrected chi connectivity index (χ0v) is 9.16. The number of alkyl halides is 3. The van der Waals surface area contributed by atoms with Crippen LogP contribution in [0, 0.1) is 0 Å². The molecule has 84 valence electrons. The summed E-state index contributed by atoms with van der Waals surface area (Å²) in [4.78, 5) is 0. The Morgan fingerprint density at radius 3 is 2.47 bits per heavy atom. The summed E-state index contributed by atoms with van der Waals surface area (Å²) < 4.78 is 39.5. The number of benzene rings is 1. The van der Waals surface area contributed by atoms with Crippen LogP contribution in [0.3, 0.4) is 0 Å². The molecule has 2 N–H and O–H groups in total. The summed E-state index contributed by atoms with van der Waals surface area (Å²) in [7, 11) is 2.46. The Bertz CT molecular complexity index is 352. The molecule has 2 atom stereocenters. The first-order chi connectivity index (χ1) is 6.79. The molecule has 2 unspecified atom stereocenters. The third-order valence-electron chi connectivity index (χ3n) is 1.78. The number of rotatable bonds is 2. The number of halogens is 3. The van der Waals surface area contributed by atoms with Gasteiger partial charge in [0.05, 0.1) is 0 Å². The molecule has 0 aliphatic rings. The molecule has 0 fully saturated rings. The van der Waals surface area contributed by atoms with Gasteiger partial charge in [0.1, 0.15) is 5.75 Å². The molecular weight excluding hydrogens is 226 g/mol. The molecule has 0 heterocycles. The summed E-state index contributed by atoms with van der Waals surface area (Å²) in [6, 6.07) is 3.89. The SMILES string of the molecule is CC(P)c1cc(OC(F)(F)F)ccc1N. The molecule has 0 radical (unpaired) electrons. The number of anilines is 1. The van der Waals surface area contributed by atoms with Crippen molar-refractivity contribution in [3.8, 4) is 5.75 Å². The van der Waals surface area contributed by atoms with Gasteiger partial charge in [0, 0.05) is 5.69 Å². The van der Waals surface area contributed by atoms with Crippen LogP contribution in [-0.4, -0.2) is 6.36 Å². The van der Waals surface area contributed by atoms with Crippen LogP contribution in [0.1, 0.15) is 18.1 Å². The minimum atomic E-state index is -4.67. The summed E-state index contributed by atoms with van der Waals surface area (Å²) in [6.07, 6.45) is -4.67. The van der Waals surface area contributed by atoms with Gasteiger partial charge in [-0.05, 0) is 29.4 Å². The highest BCUT2D eigenvalue weighted by atomic mass is 31.0. The smallest absolute Gasteiger partial charge is 0.406 e. The van der Waals surface area contributed by atoms with Crippen LogP contribution in [0.4, 0.5) is 18.9 Å². The topological polar surface area (TPSA) is 35.2 Å². The van der Waals surface area contributed by atoms with Gasteiger partial charge >= 0.3 is 6.36 Å².